The minimum atomic E-state index is -0.788. The van der Waals surface area contributed by atoms with Gasteiger partial charge in [0.05, 0.1) is 0 Å². The summed E-state index contributed by atoms with van der Waals surface area (Å²) < 4.78 is 16.7. The summed E-state index contributed by atoms with van der Waals surface area (Å²) in [7, 11) is 0. The Morgan fingerprint density at radius 1 is 0.288 bits per heavy atom. The molecule has 0 aromatic carbocycles. The van der Waals surface area contributed by atoms with E-state index in [2.05, 4.69) is 130 Å². The van der Waals surface area contributed by atoms with Gasteiger partial charge in [-0.15, -0.1) is 0 Å². The van der Waals surface area contributed by atoms with Gasteiger partial charge < -0.3 is 14.2 Å². The first-order valence-electron chi connectivity index (χ1n) is 30.4. The molecule has 0 fully saturated rings. The summed E-state index contributed by atoms with van der Waals surface area (Å²) >= 11 is 0. The molecule has 6 heteroatoms. The molecule has 0 aromatic heterocycles. The summed E-state index contributed by atoms with van der Waals surface area (Å²) in [4.78, 5) is 37.9. The second kappa shape index (κ2) is 60.6. The fourth-order valence-electron chi connectivity index (χ4n) is 8.22. The van der Waals surface area contributed by atoms with Crippen molar-refractivity contribution in [2.75, 3.05) is 13.2 Å². The zero-order valence-corrected chi connectivity index (χ0v) is 47.6. The molecule has 73 heavy (non-hydrogen) atoms. The first kappa shape index (κ1) is 69.1. The van der Waals surface area contributed by atoms with Gasteiger partial charge in [0.15, 0.2) is 6.10 Å². The van der Waals surface area contributed by atoms with Crippen molar-refractivity contribution in [2.45, 2.75) is 284 Å². The standard InChI is InChI=1S/C67H112O6/c1-4-7-10-13-15-17-19-21-23-25-27-29-30-31-32-33-34-35-36-38-39-41-43-45-47-49-51-54-57-60-66(69)72-63-64(62-71-65(68)59-56-53-12-9-6-3)73-67(70)61-58-55-52-50-48-46-44-42-40-37-28-26-24-22-20-18-16-14-11-8-5-2/h7,10,15,17,21,23,26-29,31-32,34-35,38-39,43,45,64H,4-6,8-9,11-14,16,18-20,22,24-25,30,33,36-37,40-42,44,46-63H2,1-3H3/b10-7-,17-15-,23-21-,28-26-,29-27-,32-31-,35-34-,39-38-,45-43-. The molecule has 0 aliphatic carbocycles. The number of carbonyl (C=O) groups excluding carboxylic acids is 3. The van der Waals surface area contributed by atoms with Crippen LogP contribution in [0, 0.1) is 0 Å². The molecule has 0 saturated carbocycles. The number of ether oxygens (including phenoxy) is 3. The molecular weight excluding hydrogens is 901 g/mol. The zero-order valence-electron chi connectivity index (χ0n) is 47.6. The lowest BCUT2D eigenvalue weighted by atomic mass is 10.1. The number of unbranched alkanes of at least 4 members (excludes halogenated alkanes) is 25. The van der Waals surface area contributed by atoms with Crippen LogP contribution >= 0.6 is 0 Å². The number of hydrogen-bond acceptors (Lipinski definition) is 6. The first-order valence-corrected chi connectivity index (χ1v) is 30.4. The van der Waals surface area contributed by atoms with Crippen LogP contribution in [0.25, 0.3) is 0 Å². The fourth-order valence-corrected chi connectivity index (χ4v) is 8.22. The molecule has 1 unspecified atom stereocenters. The van der Waals surface area contributed by atoms with E-state index in [1.165, 1.54) is 109 Å². The molecule has 0 amide bonds. The average Bonchev–Trinajstić information content (AvgIpc) is 3.39. The van der Waals surface area contributed by atoms with E-state index in [1.54, 1.807) is 0 Å². The third kappa shape index (κ3) is 58.8. The van der Waals surface area contributed by atoms with E-state index in [1.807, 2.05) is 0 Å². The van der Waals surface area contributed by atoms with E-state index < -0.39 is 6.10 Å². The molecule has 0 radical (unpaired) electrons. The van der Waals surface area contributed by atoms with E-state index >= 15 is 0 Å². The predicted octanol–water partition coefficient (Wildman–Crippen LogP) is 20.7. The average molecular weight is 1010 g/mol. The molecule has 1 atom stereocenters. The van der Waals surface area contributed by atoms with Crippen LogP contribution in [0.5, 0.6) is 0 Å². The Hall–Kier alpha value is -3.93. The van der Waals surface area contributed by atoms with Crippen molar-refractivity contribution in [3.8, 4) is 0 Å². The van der Waals surface area contributed by atoms with Crippen LogP contribution in [0.1, 0.15) is 278 Å². The summed E-state index contributed by atoms with van der Waals surface area (Å²) in [5.74, 6) is -0.928. The smallest absolute Gasteiger partial charge is 0.306 e. The van der Waals surface area contributed by atoms with E-state index in [0.29, 0.717) is 19.3 Å². The highest BCUT2D eigenvalue weighted by molar-refractivity contribution is 5.71. The maximum atomic E-state index is 12.8. The van der Waals surface area contributed by atoms with Gasteiger partial charge in [0.2, 0.25) is 0 Å². The van der Waals surface area contributed by atoms with Crippen molar-refractivity contribution < 1.29 is 28.6 Å². The Bertz CT molecular complexity index is 1490. The van der Waals surface area contributed by atoms with E-state index in [4.69, 9.17) is 14.2 Å². The molecule has 0 bridgehead atoms. The maximum Gasteiger partial charge on any atom is 0.306 e. The SMILES string of the molecule is CC/C=C\C/C=C\C/C=C\C/C=C\C/C=C\C/C=C\C/C=C\C/C=C\CCCCCCC(=O)OCC(COC(=O)CCCCCCC)OC(=O)CCCCCCCCCCC/C=C\CCCCCCCCCC. The summed E-state index contributed by atoms with van der Waals surface area (Å²) in [6.45, 7) is 6.43. The Kier molecular flexibility index (Phi) is 57.4. The van der Waals surface area contributed by atoms with Crippen molar-refractivity contribution >= 4 is 17.9 Å². The van der Waals surface area contributed by atoms with Crippen LogP contribution in [-0.4, -0.2) is 37.2 Å². The van der Waals surface area contributed by atoms with E-state index in [0.717, 1.165) is 128 Å². The van der Waals surface area contributed by atoms with Crippen molar-refractivity contribution in [3.05, 3.63) is 109 Å². The Balaban J connectivity index is 4.16. The van der Waals surface area contributed by atoms with Gasteiger partial charge in [0.1, 0.15) is 13.2 Å². The van der Waals surface area contributed by atoms with Crippen LogP contribution in [-0.2, 0) is 28.6 Å². The highest BCUT2D eigenvalue weighted by Crippen LogP contribution is 2.15. The minimum Gasteiger partial charge on any atom is -0.462 e. The van der Waals surface area contributed by atoms with Crippen LogP contribution in [0.3, 0.4) is 0 Å². The van der Waals surface area contributed by atoms with Crippen LogP contribution < -0.4 is 0 Å². The lowest BCUT2D eigenvalue weighted by Gasteiger charge is -2.18. The van der Waals surface area contributed by atoms with Gasteiger partial charge in [0, 0.05) is 19.3 Å². The molecule has 0 N–H and O–H groups in total. The Labute approximate surface area is 450 Å². The quantitative estimate of drug-likeness (QED) is 0.0261. The lowest BCUT2D eigenvalue weighted by molar-refractivity contribution is -0.167. The second-order valence-electron chi connectivity index (χ2n) is 19.9. The molecule has 0 rings (SSSR count). The highest BCUT2D eigenvalue weighted by Gasteiger charge is 2.19. The largest absolute Gasteiger partial charge is 0.462 e. The van der Waals surface area contributed by atoms with Crippen LogP contribution in [0.15, 0.2) is 109 Å². The van der Waals surface area contributed by atoms with Gasteiger partial charge in [0.25, 0.3) is 0 Å². The minimum absolute atomic E-state index is 0.0881. The fraction of sp³-hybridized carbons (Fsp3) is 0.687. The zero-order chi connectivity index (χ0) is 52.9. The number of hydrogen-bond donors (Lipinski definition) is 0. The third-order valence-electron chi connectivity index (χ3n) is 12.8. The van der Waals surface area contributed by atoms with Crippen molar-refractivity contribution in [2.24, 2.45) is 0 Å². The lowest BCUT2D eigenvalue weighted by Crippen LogP contribution is -2.30. The normalized spacial score (nSPS) is 12.9. The molecule has 0 aliphatic rings. The maximum absolute atomic E-state index is 12.8. The number of allylic oxidation sites excluding steroid dienone is 18. The highest BCUT2D eigenvalue weighted by atomic mass is 16.6. The predicted molar refractivity (Wildman–Crippen MR) is 316 cm³/mol. The molecule has 416 valence electrons. The second-order valence-corrected chi connectivity index (χ2v) is 19.9. The molecular formula is C67H112O6. The van der Waals surface area contributed by atoms with E-state index in [-0.39, 0.29) is 31.1 Å². The van der Waals surface area contributed by atoms with Gasteiger partial charge in [-0.05, 0) is 109 Å². The van der Waals surface area contributed by atoms with Crippen LogP contribution in [0.4, 0.5) is 0 Å². The summed E-state index contributed by atoms with van der Waals surface area (Å²) in [5, 5.41) is 0. The van der Waals surface area contributed by atoms with E-state index in [9.17, 15) is 14.4 Å². The van der Waals surface area contributed by atoms with Crippen molar-refractivity contribution in [1.82, 2.24) is 0 Å². The molecule has 6 nitrogen and oxygen atoms in total. The summed E-state index contributed by atoms with van der Waals surface area (Å²) in [6, 6.07) is 0. The number of carbonyl (C=O) groups is 3. The number of esters is 3. The van der Waals surface area contributed by atoms with Gasteiger partial charge in [-0.3, -0.25) is 14.4 Å². The Morgan fingerprint density at radius 2 is 0.534 bits per heavy atom. The summed E-state index contributed by atoms with van der Waals surface area (Å²) in [6.07, 6.45) is 82.8. The van der Waals surface area contributed by atoms with Gasteiger partial charge >= 0.3 is 17.9 Å². The van der Waals surface area contributed by atoms with Crippen LogP contribution in [0.2, 0.25) is 0 Å². The van der Waals surface area contributed by atoms with Gasteiger partial charge in [-0.2, -0.15) is 0 Å². The number of rotatable bonds is 54. The van der Waals surface area contributed by atoms with Crippen molar-refractivity contribution in [1.29, 1.82) is 0 Å². The molecule has 0 heterocycles. The molecule has 0 saturated heterocycles. The van der Waals surface area contributed by atoms with Crippen molar-refractivity contribution in [3.63, 3.8) is 0 Å². The molecule has 0 aromatic rings. The molecule has 0 spiro atoms. The van der Waals surface area contributed by atoms with Gasteiger partial charge in [-0.25, -0.2) is 0 Å². The van der Waals surface area contributed by atoms with Gasteiger partial charge in [-0.1, -0.05) is 259 Å². The monoisotopic (exact) mass is 1010 g/mol. The third-order valence-corrected chi connectivity index (χ3v) is 12.8. The molecule has 0 aliphatic heterocycles. The topological polar surface area (TPSA) is 78.9 Å². The summed E-state index contributed by atoms with van der Waals surface area (Å²) in [5.41, 5.74) is 0. The Morgan fingerprint density at radius 3 is 0.849 bits per heavy atom. The first-order chi connectivity index (χ1) is 36.0.